The van der Waals surface area contributed by atoms with Gasteiger partial charge in [0, 0.05) is 42.8 Å². The summed E-state index contributed by atoms with van der Waals surface area (Å²) in [6, 6.07) is 8.23. The van der Waals surface area contributed by atoms with Crippen LogP contribution in [0.3, 0.4) is 0 Å². The first-order valence-corrected chi connectivity index (χ1v) is 13.7. The van der Waals surface area contributed by atoms with Crippen molar-refractivity contribution in [3.8, 4) is 0 Å². The molecule has 204 valence electrons. The molecule has 0 radical (unpaired) electrons. The Labute approximate surface area is 215 Å². The molecular weight excluding hydrogens is 503 g/mol. The van der Waals surface area contributed by atoms with Gasteiger partial charge in [-0.3, -0.25) is 14.3 Å². The number of aliphatic carboxylic acids is 1. The van der Waals surface area contributed by atoms with Crippen LogP contribution < -0.4 is 10.6 Å². The van der Waals surface area contributed by atoms with E-state index in [1.807, 2.05) is 38.1 Å². The van der Waals surface area contributed by atoms with Gasteiger partial charge in [0.2, 0.25) is 11.7 Å². The first kappa shape index (κ1) is 30.0. The topological polar surface area (TPSA) is 178 Å². The average molecular weight is 539 g/mol. The highest BCUT2D eigenvalue weighted by Gasteiger charge is 2.36. The number of aromatic nitrogens is 1. The van der Waals surface area contributed by atoms with E-state index < -0.39 is 31.3 Å². The van der Waals surface area contributed by atoms with Crippen LogP contribution in [0.15, 0.2) is 30.5 Å². The smallest absolute Gasteiger partial charge is 0.409 e. The number of fused-ring (bicyclic) bond motifs is 1. The summed E-state index contributed by atoms with van der Waals surface area (Å²) < 4.78 is 16.3. The summed E-state index contributed by atoms with van der Waals surface area (Å²) in [5.41, 5.74) is 3.08. The second kappa shape index (κ2) is 13.9. The summed E-state index contributed by atoms with van der Waals surface area (Å²) in [7, 11) is -5.04. The number of amides is 2. The van der Waals surface area contributed by atoms with Crippen molar-refractivity contribution in [3.05, 3.63) is 36.0 Å². The van der Waals surface area contributed by atoms with E-state index in [9.17, 15) is 18.9 Å². The zero-order valence-corrected chi connectivity index (χ0v) is 22.1. The molecule has 2 aromatic rings. The van der Waals surface area contributed by atoms with Crippen LogP contribution in [0, 0.1) is 6.92 Å². The van der Waals surface area contributed by atoms with Crippen LogP contribution in [0.25, 0.3) is 10.9 Å². The summed E-state index contributed by atoms with van der Waals surface area (Å²) in [6.07, 6.45) is 2.61. The maximum absolute atomic E-state index is 12.4. The second-order valence-corrected chi connectivity index (χ2v) is 10.5. The van der Waals surface area contributed by atoms with Gasteiger partial charge >= 0.3 is 19.7 Å². The lowest BCUT2D eigenvalue weighted by Gasteiger charge is -2.22. The molecule has 1 aromatic heterocycles. The number of pyridine rings is 1. The number of carboxylic acid groups (broad SMARTS) is 1. The minimum Gasteiger partial charge on any atom is -0.479 e. The third-order valence-corrected chi connectivity index (χ3v) is 6.67. The van der Waals surface area contributed by atoms with Gasteiger partial charge in [-0.25, -0.2) is 9.59 Å². The minimum absolute atomic E-state index is 0.0724. The van der Waals surface area contributed by atoms with Crippen LogP contribution in [-0.2, 0) is 18.9 Å². The minimum atomic E-state index is -5.04. The van der Waals surface area contributed by atoms with E-state index in [0.29, 0.717) is 13.1 Å². The summed E-state index contributed by atoms with van der Waals surface area (Å²) >= 11 is 0. The number of hydrogen-bond donors (Lipinski definition) is 5. The van der Waals surface area contributed by atoms with Crippen molar-refractivity contribution in [1.82, 2.24) is 15.2 Å². The van der Waals surface area contributed by atoms with Crippen LogP contribution in [0.2, 0.25) is 0 Å². The van der Waals surface area contributed by atoms with E-state index in [-0.39, 0.29) is 25.5 Å². The SMILES string of the molecule is CCN(CCCC(C)Nc1ccnc2cc(C)ccc12)C(=O)OCCCC(=O)NC(C(=O)O)P(=O)(O)O. The Morgan fingerprint density at radius 2 is 1.92 bits per heavy atom. The molecule has 0 fully saturated rings. The van der Waals surface area contributed by atoms with Gasteiger partial charge < -0.3 is 35.2 Å². The molecule has 0 aliphatic rings. The molecule has 0 aliphatic carbocycles. The number of nitrogens with zero attached hydrogens (tertiary/aromatic N) is 2. The highest BCUT2D eigenvalue weighted by molar-refractivity contribution is 7.53. The quantitative estimate of drug-likeness (QED) is 0.177. The number of rotatable bonds is 14. The molecule has 0 saturated carbocycles. The molecule has 1 aromatic carbocycles. The van der Waals surface area contributed by atoms with Crippen molar-refractivity contribution >= 4 is 42.2 Å². The van der Waals surface area contributed by atoms with E-state index in [0.717, 1.165) is 35.0 Å². The lowest BCUT2D eigenvalue weighted by Crippen LogP contribution is -2.40. The Bertz CT molecular complexity index is 1140. The molecule has 0 bridgehead atoms. The molecule has 12 nitrogen and oxygen atoms in total. The van der Waals surface area contributed by atoms with Crippen molar-refractivity contribution in [1.29, 1.82) is 0 Å². The molecule has 0 saturated heterocycles. The van der Waals surface area contributed by atoms with Crippen LogP contribution in [0.1, 0.15) is 45.1 Å². The monoisotopic (exact) mass is 538 g/mol. The summed E-state index contributed by atoms with van der Waals surface area (Å²) in [6.45, 7) is 6.76. The number of ether oxygens (including phenoxy) is 1. The van der Waals surface area contributed by atoms with Crippen molar-refractivity contribution in [2.75, 3.05) is 25.0 Å². The fourth-order valence-corrected chi connectivity index (χ4v) is 4.29. The van der Waals surface area contributed by atoms with Crippen LogP contribution in [0.4, 0.5) is 10.5 Å². The predicted molar refractivity (Wildman–Crippen MR) is 138 cm³/mol. The molecular formula is C24H35N4O8P. The van der Waals surface area contributed by atoms with Gasteiger partial charge in [0.25, 0.3) is 0 Å². The number of hydrogen-bond acceptors (Lipinski definition) is 7. The molecule has 2 rings (SSSR count). The van der Waals surface area contributed by atoms with Crippen molar-refractivity contribution in [3.63, 3.8) is 0 Å². The summed E-state index contributed by atoms with van der Waals surface area (Å²) in [4.78, 5) is 59.0. The van der Waals surface area contributed by atoms with Gasteiger partial charge in [-0.1, -0.05) is 12.1 Å². The number of carbonyl (C=O) groups is 3. The number of nitrogens with one attached hydrogen (secondary N) is 2. The highest BCUT2D eigenvalue weighted by atomic mass is 31.2. The van der Waals surface area contributed by atoms with Crippen LogP contribution in [-0.4, -0.2) is 74.3 Å². The Balaban J connectivity index is 1.73. The molecule has 0 aliphatic heterocycles. The van der Waals surface area contributed by atoms with Crippen LogP contribution >= 0.6 is 7.60 Å². The van der Waals surface area contributed by atoms with Gasteiger partial charge in [0.15, 0.2) is 0 Å². The molecule has 2 atom stereocenters. The first-order valence-electron chi connectivity index (χ1n) is 12.0. The lowest BCUT2D eigenvalue weighted by molar-refractivity contribution is -0.139. The lowest BCUT2D eigenvalue weighted by atomic mass is 10.1. The van der Waals surface area contributed by atoms with E-state index in [1.54, 1.807) is 16.4 Å². The molecule has 0 spiro atoms. The first-order chi connectivity index (χ1) is 17.4. The maximum atomic E-state index is 12.4. The summed E-state index contributed by atoms with van der Waals surface area (Å²) in [5, 5.41) is 15.2. The van der Waals surface area contributed by atoms with Crippen LogP contribution in [0.5, 0.6) is 0 Å². The normalized spacial score (nSPS) is 13.0. The Morgan fingerprint density at radius 1 is 1.19 bits per heavy atom. The molecule has 37 heavy (non-hydrogen) atoms. The fourth-order valence-electron chi connectivity index (χ4n) is 3.69. The third-order valence-electron chi connectivity index (χ3n) is 5.65. The molecule has 13 heteroatoms. The molecule has 1 heterocycles. The standard InChI is InChI=1S/C24H35N4O8P/c1-4-28(24(32)36-14-6-8-21(29)27-22(23(30)31)37(33,34)35)13-5-7-17(3)26-19-11-12-25-20-15-16(2)9-10-18(19)20/h9-12,15,17,22H,4-8,13-14H2,1-3H3,(H,25,26)(H,27,29)(H,30,31)(H2,33,34,35). The third kappa shape index (κ3) is 9.64. The molecule has 2 amide bonds. The van der Waals surface area contributed by atoms with E-state index in [1.165, 1.54) is 0 Å². The number of aryl methyl sites for hydroxylation is 1. The zero-order chi connectivity index (χ0) is 27.6. The summed E-state index contributed by atoms with van der Waals surface area (Å²) in [5.74, 6) is -5.00. The Morgan fingerprint density at radius 3 is 2.57 bits per heavy atom. The van der Waals surface area contributed by atoms with Gasteiger partial charge in [0.1, 0.15) is 0 Å². The van der Waals surface area contributed by atoms with Crippen molar-refractivity contribution in [2.24, 2.45) is 0 Å². The fraction of sp³-hybridized carbons (Fsp3) is 0.500. The zero-order valence-electron chi connectivity index (χ0n) is 21.2. The molecule has 2 unspecified atom stereocenters. The van der Waals surface area contributed by atoms with Gasteiger partial charge in [-0.15, -0.1) is 0 Å². The highest BCUT2D eigenvalue weighted by Crippen LogP contribution is 2.39. The number of anilines is 1. The largest absolute Gasteiger partial charge is 0.479 e. The van der Waals surface area contributed by atoms with Gasteiger partial charge in [0.05, 0.1) is 12.1 Å². The number of benzene rings is 1. The predicted octanol–water partition coefficient (Wildman–Crippen LogP) is 3.07. The van der Waals surface area contributed by atoms with Gasteiger partial charge in [-0.2, -0.15) is 0 Å². The van der Waals surface area contributed by atoms with Crippen molar-refractivity contribution in [2.45, 2.75) is 58.3 Å². The number of carbonyl (C=O) groups excluding carboxylic acids is 2. The van der Waals surface area contributed by atoms with Gasteiger partial charge in [-0.05, 0) is 57.7 Å². The average Bonchev–Trinajstić information content (AvgIpc) is 2.82. The second-order valence-electron chi connectivity index (χ2n) is 8.76. The maximum Gasteiger partial charge on any atom is 0.409 e. The Hall–Kier alpha value is -3.21. The van der Waals surface area contributed by atoms with E-state index >= 15 is 0 Å². The van der Waals surface area contributed by atoms with E-state index in [4.69, 9.17) is 19.6 Å². The van der Waals surface area contributed by atoms with E-state index in [2.05, 4.69) is 17.2 Å². The Kier molecular flexibility index (Phi) is 11.3. The number of carboxylic acids is 1. The molecule has 5 N–H and O–H groups in total. The van der Waals surface area contributed by atoms with Crippen molar-refractivity contribution < 1.29 is 38.6 Å².